The van der Waals surface area contributed by atoms with Crippen LogP contribution in [0.15, 0.2) is 29.6 Å². The molecule has 2 aromatic rings. The lowest BCUT2D eigenvalue weighted by molar-refractivity contribution is -0.134. The molecule has 0 unspecified atom stereocenters. The summed E-state index contributed by atoms with van der Waals surface area (Å²) in [6.45, 7) is 5.65. The Bertz CT molecular complexity index is 960. The fraction of sp³-hybridized carbons (Fsp3) is 0.458. The summed E-state index contributed by atoms with van der Waals surface area (Å²) in [5.41, 5.74) is 3.19. The van der Waals surface area contributed by atoms with Gasteiger partial charge in [0.15, 0.2) is 0 Å². The molecule has 2 amide bonds. The van der Waals surface area contributed by atoms with Crippen LogP contribution < -0.4 is 5.32 Å². The van der Waals surface area contributed by atoms with Crippen LogP contribution in [0.5, 0.6) is 0 Å². The Balaban J connectivity index is 1.69. The highest BCUT2D eigenvalue weighted by atomic mass is 32.1. The van der Waals surface area contributed by atoms with Crippen LogP contribution in [0, 0.1) is 12.8 Å². The maximum Gasteiger partial charge on any atom is 0.341 e. The van der Waals surface area contributed by atoms with Gasteiger partial charge in [-0.1, -0.05) is 29.8 Å². The summed E-state index contributed by atoms with van der Waals surface area (Å²) in [5.74, 6) is -0.447. The molecule has 1 fully saturated rings. The molecule has 7 nitrogen and oxygen atoms in total. The van der Waals surface area contributed by atoms with Crippen LogP contribution in [0.1, 0.15) is 35.7 Å². The Morgan fingerprint density at radius 1 is 1.16 bits per heavy atom. The molecule has 0 saturated carbocycles. The molecule has 0 bridgehead atoms. The average molecular weight is 458 g/mol. The van der Waals surface area contributed by atoms with Crippen molar-refractivity contribution < 1.29 is 19.1 Å². The second-order valence-corrected chi connectivity index (χ2v) is 9.15. The molecule has 1 saturated heterocycles. The topological polar surface area (TPSA) is 79.0 Å². The van der Waals surface area contributed by atoms with Gasteiger partial charge >= 0.3 is 5.97 Å². The molecule has 32 heavy (non-hydrogen) atoms. The summed E-state index contributed by atoms with van der Waals surface area (Å²) in [7, 11) is 3.55. The van der Waals surface area contributed by atoms with Gasteiger partial charge < -0.3 is 15.0 Å². The fourth-order valence-electron chi connectivity index (χ4n) is 3.87. The molecular weight excluding hydrogens is 426 g/mol. The smallest absolute Gasteiger partial charge is 0.341 e. The molecule has 1 aliphatic rings. The molecule has 3 rings (SSSR count). The van der Waals surface area contributed by atoms with Crippen molar-refractivity contribution in [3.63, 3.8) is 0 Å². The molecular formula is C24H31N3O4S. The molecule has 0 aliphatic carbocycles. The van der Waals surface area contributed by atoms with Gasteiger partial charge in [0.1, 0.15) is 10.6 Å². The summed E-state index contributed by atoms with van der Waals surface area (Å²) >= 11 is 1.33. The molecule has 172 valence electrons. The highest BCUT2D eigenvalue weighted by molar-refractivity contribution is 7.15. The molecule has 1 aromatic carbocycles. The first-order chi connectivity index (χ1) is 15.3. The number of ether oxygens (including phenoxy) is 1. The number of hydrogen-bond acceptors (Lipinski definition) is 6. The number of thiophene rings is 1. The molecule has 8 heteroatoms. The van der Waals surface area contributed by atoms with E-state index in [1.54, 1.807) is 25.9 Å². The standard InChI is InChI=1S/C24H31N3O4S/c1-5-31-24(30)21-19(17-8-6-16(2)7-9-17)15-32-22(21)25-20(28)14-27-12-10-18(11-13-27)23(29)26(3)4/h6-9,15,18H,5,10-14H2,1-4H3,(H,25,28). The van der Waals surface area contributed by atoms with E-state index in [9.17, 15) is 14.4 Å². The highest BCUT2D eigenvalue weighted by Gasteiger charge is 2.28. The number of esters is 1. The third-order valence-corrected chi connectivity index (χ3v) is 6.53. The van der Waals surface area contributed by atoms with Crippen LogP contribution in [0.2, 0.25) is 0 Å². The van der Waals surface area contributed by atoms with Gasteiger partial charge in [0, 0.05) is 31.0 Å². The highest BCUT2D eigenvalue weighted by Crippen LogP contribution is 2.36. The van der Waals surface area contributed by atoms with Gasteiger partial charge in [0.2, 0.25) is 11.8 Å². The molecule has 1 aliphatic heterocycles. The first kappa shape index (κ1) is 23.9. The predicted molar refractivity (Wildman–Crippen MR) is 127 cm³/mol. The predicted octanol–water partition coefficient (Wildman–Crippen LogP) is 3.64. The molecule has 1 N–H and O–H groups in total. The van der Waals surface area contributed by atoms with Gasteiger partial charge in [-0.2, -0.15) is 0 Å². The summed E-state index contributed by atoms with van der Waals surface area (Å²) in [6.07, 6.45) is 1.49. The normalized spacial score (nSPS) is 14.8. The van der Waals surface area contributed by atoms with Crippen molar-refractivity contribution in [3.8, 4) is 11.1 Å². The van der Waals surface area contributed by atoms with E-state index >= 15 is 0 Å². The van der Waals surface area contributed by atoms with Crippen molar-refractivity contribution in [2.75, 3.05) is 45.7 Å². The number of aryl methyl sites for hydroxylation is 1. The molecule has 0 radical (unpaired) electrons. The number of nitrogens with zero attached hydrogens (tertiary/aromatic N) is 2. The maximum absolute atomic E-state index is 12.8. The second kappa shape index (κ2) is 10.7. The monoisotopic (exact) mass is 457 g/mol. The van der Waals surface area contributed by atoms with Gasteiger partial charge in [-0.25, -0.2) is 4.79 Å². The number of hydrogen-bond donors (Lipinski definition) is 1. The third-order valence-electron chi connectivity index (χ3n) is 5.63. The van der Waals surface area contributed by atoms with Crippen molar-refractivity contribution >= 4 is 34.1 Å². The first-order valence-electron chi connectivity index (χ1n) is 10.9. The number of carbonyl (C=O) groups excluding carboxylic acids is 3. The number of likely N-dealkylation sites (tertiary alicyclic amines) is 1. The van der Waals surface area contributed by atoms with Crippen LogP contribution in [0.25, 0.3) is 11.1 Å². The minimum atomic E-state index is -0.442. The maximum atomic E-state index is 12.8. The Kier molecular flexibility index (Phi) is 8.04. The number of amides is 2. The number of carbonyl (C=O) groups is 3. The zero-order valence-electron chi connectivity index (χ0n) is 19.1. The van der Waals surface area contributed by atoms with E-state index < -0.39 is 5.97 Å². The van der Waals surface area contributed by atoms with Gasteiger partial charge in [-0.15, -0.1) is 11.3 Å². The van der Waals surface area contributed by atoms with Crippen LogP contribution in [-0.2, 0) is 14.3 Å². The number of benzene rings is 1. The van der Waals surface area contributed by atoms with E-state index in [1.807, 2.05) is 41.5 Å². The number of nitrogens with one attached hydrogen (secondary N) is 1. The first-order valence-corrected chi connectivity index (χ1v) is 11.8. The molecule has 1 aromatic heterocycles. The quantitative estimate of drug-likeness (QED) is 0.642. The molecule has 0 atom stereocenters. The molecule has 0 spiro atoms. The van der Waals surface area contributed by atoms with E-state index in [-0.39, 0.29) is 30.9 Å². The van der Waals surface area contributed by atoms with Crippen molar-refractivity contribution in [3.05, 3.63) is 40.8 Å². The van der Waals surface area contributed by atoms with E-state index in [0.29, 0.717) is 23.7 Å². The zero-order valence-corrected chi connectivity index (χ0v) is 20.0. The lowest BCUT2D eigenvalue weighted by atomic mass is 9.95. The number of anilines is 1. The third kappa shape index (κ3) is 5.75. The Morgan fingerprint density at radius 2 is 1.81 bits per heavy atom. The number of piperidine rings is 1. The lowest BCUT2D eigenvalue weighted by Gasteiger charge is -2.31. The fourth-order valence-corrected chi connectivity index (χ4v) is 4.85. The van der Waals surface area contributed by atoms with E-state index in [0.717, 1.165) is 29.5 Å². The Labute approximate surface area is 193 Å². The summed E-state index contributed by atoms with van der Waals surface area (Å²) in [4.78, 5) is 41.3. The lowest BCUT2D eigenvalue weighted by Crippen LogP contribution is -2.43. The SMILES string of the molecule is CCOC(=O)c1c(-c2ccc(C)cc2)csc1NC(=O)CN1CCC(C(=O)N(C)C)CC1. The van der Waals surface area contributed by atoms with Crippen molar-refractivity contribution in [2.24, 2.45) is 5.92 Å². The van der Waals surface area contributed by atoms with E-state index in [1.165, 1.54) is 11.3 Å². The Morgan fingerprint density at radius 3 is 2.41 bits per heavy atom. The summed E-state index contributed by atoms with van der Waals surface area (Å²) < 4.78 is 5.27. The largest absolute Gasteiger partial charge is 0.462 e. The van der Waals surface area contributed by atoms with Gasteiger partial charge in [-0.05, 0) is 45.3 Å². The van der Waals surface area contributed by atoms with E-state index in [4.69, 9.17) is 4.74 Å². The summed E-state index contributed by atoms with van der Waals surface area (Å²) in [6, 6.07) is 7.91. The van der Waals surface area contributed by atoms with Crippen LogP contribution in [0.3, 0.4) is 0 Å². The average Bonchev–Trinajstić information content (AvgIpc) is 3.17. The zero-order chi connectivity index (χ0) is 23.3. The van der Waals surface area contributed by atoms with Crippen molar-refractivity contribution in [1.29, 1.82) is 0 Å². The van der Waals surface area contributed by atoms with E-state index in [2.05, 4.69) is 5.32 Å². The van der Waals surface area contributed by atoms with Crippen molar-refractivity contribution in [2.45, 2.75) is 26.7 Å². The minimum absolute atomic E-state index is 0.0223. The second-order valence-electron chi connectivity index (χ2n) is 8.27. The Hall–Kier alpha value is -2.71. The minimum Gasteiger partial charge on any atom is -0.462 e. The van der Waals surface area contributed by atoms with Gasteiger partial charge in [0.05, 0.1) is 13.2 Å². The van der Waals surface area contributed by atoms with Crippen LogP contribution in [0.4, 0.5) is 5.00 Å². The number of rotatable bonds is 7. The summed E-state index contributed by atoms with van der Waals surface area (Å²) in [5, 5.41) is 5.29. The van der Waals surface area contributed by atoms with Crippen LogP contribution >= 0.6 is 11.3 Å². The van der Waals surface area contributed by atoms with Gasteiger partial charge in [0.25, 0.3) is 0 Å². The van der Waals surface area contributed by atoms with Crippen LogP contribution in [-0.4, -0.2) is 67.9 Å². The van der Waals surface area contributed by atoms with Gasteiger partial charge in [-0.3, -0.25) is 14.5 Å². The molecule has 2 heterocycles. The van der Waals surface area contributed by atoms with Crippen molar-refractivity contribution in [1.82, 2.24) is 9.80 Å².